The first-order valence-electron chi connectivity index (χ1n) is 18.4. The fraction of sp³-hybridized carbons (Fsp3) is 0.750. The summed E-state index contributed by atoms with van der Waals surface area (Å²) in [4.78, 5) is 67.3. The van der Waals surface area contributed by atoms with Gasteiger partial charge in [-0.2, -0.15) is 0 Å². The minimum absolute atomic E-state index is 0.146. The highest BCUT2D eigenvalue weighted by atomic mass is 16.3. The van der Waals surface area contributed by atoms with Crippen molar-refractivity contribution in [1.29, 1.82) is 0 Å². The van der Waals surface area contributed by atoms with Crippen molar-refractivity contribution in [3.63, 3.8) is 0 Å². The van der Waals surface area contributed by atoms with Gasteiger partial charge in [-0.25, -0.2) is 0 Å². The summed E-state index contributed by atoms with van der Waals surface area (Å²) in [6.07, 6.45) is 15.6. The Kier molecular flexibility index (Phi) is 15.2. The molecule has 3 aliphatic rings. The second-order valence-corrected chi connectivity index (χ2v) is 14.2. The topological polar surface area (TPSA) is 162 Å². The van der Waals surface area contributed by atoms with Gasteiger partial charge in [0.05, 0.1) is 13.1 Å². The molecular formula is C36H58N6O6. The van der Waals surface area contributed by atoms with Crippen LogP contribution in [0.2, 0.25) is 0 Å². The molecule has 2 aliphatic carbocycles. The Morgan fingerprint density at radius 2 is 1.25 bits per heavy atom. The highest BCUT2D eigenvalue weighted by Gasteiger charge is 2.29. The number of likely N-dealkylation sites (tertiary alicyclic amines) is 1. The molecule has 3 fully saturated rings. The van der Waals surface area contributed by atoms with Gasteiger partial charge >= 0.3 is 0 Å². The van der Waals surface area contributed by atoms with Gasteiger partial charge in [0.15, 0.2) is 5.76 Å². The second-order valence-electron chi connectivity index (χ2n) is 14.2. The minimum Gasteiger partial charge on any atom is -0.456 e. The molecule has 5 amide bonds. The van der Waals surface area contributed by atoms with E-state index in [4.69, 9.17) is 4.42 Å². The normalized spacial score (nSPS) is 19.1. The van der Waals surface area contributed by atoms with Crippen molar-refractivity contribution in [3.8, 4) is 0 Å². The van der Waals surface area contributed by atoms with Crippen molar-refractivity contribution in [2.75, 3.05) is 39.3 Å². The fourth-order valence-electron chi connectivity index (χ4n) is 7.31. The van der Waals surface area contributed by atoms with Crippen LogP contribution in [0.3, 0.4) is 0 Å². The van der Waals surface area contributed by atoms with Crippen LogP contribution in [-0.4, -0.2) is 85.8 Å². The number of hydrogen-bond donors (Lipinski definition) is 5. The molecule has 12 nitrogen and oxygen atoms in total. The van der Waals surface area contributed by atoms with Crippen molar-refractivity contribution < 1.29 is 28.4 Å². The van der Waals surface area contributed by atoms with E-state index in [1.54, 1.807) is 13.0 Å². The Balaban J connectivity index is 1.24. The zero-order chi connectivity index (χ0) is 34.3. The highest BCUT2D eigenvalue weighted by Crippen LogP contribution is 2.28. The number of carbonyl (C=O) groups excluding carboxylic acids is 5. The third-order valence-corrected chi connectivity index (χ3v) is 10.3. The van der Waals surface area contributed by atoms with Gasteiger partial charge in [0, 0.05) is 13.1 Å². The maximum atomic E-state index is 13.2. The van der Waals surface area contributed by atoms with E-state index in [2.05, 4.69) is 31.5 Å². The van der Waals surface area contributed by atoms with Crippen molar-refractivity contribution in [2.45, 2.75) is 122 Å². The molecule has 0 spiro atoms. The standard InChI is InChI=1S/C36H58N6O6/c1-25-20-31(48-26(25)2)36(47)41-30(22-28-14-8-4-9-15-28)35(46)39-23-32(43)38-24-33(44)40-29(21-27-12-6-3-7-13-27)34(45)37-16-19-42-17-10-5-11-18-42/h20,27-30H,3-19,21-24H2,1-2H3,(H,37,45)(H,38,43)(H,39,46)(H,40,44)(H,41,47)/t29-,30-/m0/s1. The van der Waals surface area contributed by atoms with Crippen molar-refractivity contribution >= 4 is 29.5 Å². The van der Waals surface area contributed by atoms with Gasteiger partial charge in [-0.05, 0) is 76.1 Å². The summed E-state index contributed by atoms with van der Waals surface area (Å²) in [5.74, 6) is -0.628. The van der Waals surface area contributed by atoms with E-state index < -0.39 is 35.7 Å². The summed E-state index contributed by atoms with van der Waals surface area (Å²) in [7, 11) is 0. The van der Waals surface area contributed by atoms with Crippen LogP contribution in [0.4, 0.5) is 0 Å². The molecule has 0 unspecified atom stereocenters. The van der Waals surface area contributed by atoms with Crippen LogP contribution in [0.25, 0.3) is 0 Å². The zero-order valence-electron chi connectivity index (χ0n) is 29.1. The molecule has 0 radical (unpaired) electrons. The van der Waals surface area contributed by atoms with Gasteiger partial charge in [0.2, 0.25) is 23.6 Å². The molecule has 2 saturated carbocycles. The number of aryl methyl sites for hydroxylation is 2. The van der Waals surface area contributed by atoms with Crippen LogP contribution in [0.15, 0.2) is 10.5 Å². The van der Waals surface area contributed by atoms with E-state index in [9.17, 15) is 24.0 Å². The van der Waals surface area contributed by atoms with Crippen molar-refractivity contribution in [2.24, 2.45) is 11.8 Å². The molecule has 12 heteroatoms. The monoisotopic (exact) mass is 670 g/mol. The number of hydrogen-bond acceptors (Lipinski definition) is 7. The van der Waals surface area contributed by atoms with Crippen LogP contribution in [-0.2, 0) is 19.2 Å². The zero-order valence-corrected chi connectivity index (χ0v) is 29.1. The summed E-state index contributed by atoms with van der Waals surface area (Å²) in [5, 5.41) is 13.9. The predicted octanol–water partition coefficient (Wildman–Crippen LogP) is 3.25. The second kappa shape index (κ2) is 19.6. The fourth-order valence-corrected chi connectivity index (χ4v) is 7.31. The van der Waals surface area contributed by atoms with Gasteiger partial charge in [-0.15, -0.1) is 0 Å². The Hall–Kier alpha value is -3.41. The lowest BCUT2D eigenvalue weighted by Gasteiger charge is -2.28. The number of piperidine rings is 1. The Morgan fingerprint density at radius 3 is 1.83 bits per heavy atom. The van der Waals surface area contributed by atoms with Crippen molar-refractivity contribution in [1.82, 2.24) is 31.5 Å². The predicted molar refractivity (Wildman–Crippen MR) is 183 cm³/mol. The molecule has 2 atom stereocenters. The first kappa shape index (κ1) is 37.4. The number of carbonyl (C=O) groups is 5. The molecule has 2 heterocycles. The van der Waals surface area contributed by atoms with E-state index >= 15 is 0 Å². The lowest BCUT2D eigenvalue weighted by atomic mass is 9.84. The highest BCUT2D eigenvalue weighted by molar-refractivity contribution is 5.96. The molecule has 0 bridgehead atoms. The summed E-state index contributed by atoms with van der Waals surface area (Å²) < 4.78 is 5.56. The largest absolute Gasteiger partial charge is 0.456 e. The number of amides is 5. The maximum absolute atomic E-state index is 13.2. The first-order chi connectivity index (χ1) is 23.2. The van der Waals surface area contributed by atoms with Crippen LogP contribution in [0.1, 0.15) is 118 Å². The molecule has 48 heavy (non-hydrogen) atoms. The van der Waals surface area contributed by atoms with Crippen LogP contribution < -0.4 is 26.6 Å². The number of nitrogens with zero attached hydrogens (tertiary/aromatic N) is 1. The molecular weight excluding hydrogens is 612 g/mol. The number of furan rings is 1. The van der Waals surface area contributed by atoms with E-state index in [1.165, 1.54) is 32.1 Å². The van der Waals surface area contributed by atoms with Crippen LogP contribution >= 0.6 is 0 Å². The van der Waals surface area contributed by atoms with Crippen molar-refractivity contribution in [3.05, 3.63) is 23.2 Å². The Bertz CT molecular complexity index is 1200. The molecule has 0 aromatic carbocycles. The van der Waals surface area contributed by atoms with E-state index in [0.717, 1.165) is 76.6 Å². The first-order valence-corrected chi connectivity index (χ1v) is 18.4. The Labute approximate surface area is 285 Å². The summed E-state index contributed by atoms with van der Waals surface area (Å²) >= 11 is 0. The smallest absolute Gasteiger partial charge is 0.287 e. The molecule has 1 saturated heterocycles. The quantitative estimate of drug-likeness (QED) is 0.180. The molecule has 1 aliphatic heterocycles. The molecule has 4 rings (SSSR count). The van der Waals surface area contributed by atoms with Gasteiger partial charge in [0.1, 0.15) is 17.8 Å². The van der Waals surface area contributed by atoms with Crippen LogP contribution in [0.5, 0.6) is 0 Å². The molecule has 5 N–H and O–H groups in total. The van der Waals surface area contributed by atoms with Gasteiger partial charge < -0.3 is 35.9 Å². The SMILES string of the molecule is Cc1cc(C(=O)N[C@@H](CC2CCCCC2)C(=O)NCC(=O)NCC(=O)N[C@@H](CC2CCCCC2)C(=O)NCCN2CCCCC2)oc1C. The maximum Gasteiger partial charge on any atom is 0.287 e. The lowest BCUT2D eigenvalue weighted by molar-refractivity contribution is -0.130. The Morgan fingerprint density at radius 1 is 0.708 bits per heavy atom. The summed E-state index contributed by atoms with van der Waals surface area (Å²) in [5.41, 5.74) is 0.850. The molecule has 1 aromatic heterocycles. The molecule has 1 aromatic rings. The van der Waals surface area contributed by atoms with E-state index in [0.29, 0.717) is 37.0 Å². The summed E-state index contributed by atoms with van der Waals surface area (Å²) in [6.45, 7) is 6.42. The third kappa shape index (κ3) is 12.6. The minimum atomic E-state index is -0.823. The van der Waals surface area contributed by atoms with E-state index in [-0.39, 0.29) is 24.8 Å². The van der Waals surface area contributed by atoms with Crippen LogP contribution in [0, 0.1) is 25.7 Å². The molecule has 268 valence electrons. The average molecular weight is 671 g/mol. The van der Waals surface area contributed by atoms with E-state index in [1.807, 2.05) is 6.92 Å². The average Bonchev–Trinajstić information content (AvgIpc) is 3.44. The lowest BCUT2D eigenvalue weighted by Crippen LogP contribution is -2.52. The van der Waals surface area contributed by atoms with Gasteiger partial charge in [-0.1, -0.05) is 70.6 Å². The number of rotatable bonds is 16. The van der Waals surface area contributed by atoms with Gasteiger partial charge in [0.25, 0.3) is 5.91 Å². The summed E-state index contributed by atoms with van der Waals surface area (Å²) in [6, 6.07) is 0.165. The van der Waals surface area contributed by atoms with Gasteiger partial charge in [-0.3, -0.25) is 24.0 Å². The number of nitrogens with one attached hydrogen (secondary N) is 5. The third-order valence-electron chi connectivity index (χ3n) is 10.3.